The Kier molecular flexibility index (Phi) is 5.64. The highest BCUT2D eigenvalue weighted by atomic mass is 16.5. The third-order valence-corrected chi connectivity index (χ3v) is 4.26. The molecule has 128 valence electrons. The van der Waals surface area contributed by atoms with Crippen LogP contribution in [-0.4, -0.2) is 30.2 Å². The number of rotatable bonds is 7. The lowest BCUT2D eigenvalue weighted by atomic mass is 9.96. The van der Waals surface area contributed by atoms with Crippen LogP contribution in [0, 0.1) is 6.92 Å². The monoisotopic (exact) mass is 327 g/mol. The number of anilines is 1. The summed E-state index contributed by atoms with van der Waals surface area (Å²) in [5, 5.41) is 3.42. The molecule has 2 aromatic rings. The fourth-order valence-electron chi connectivity index (χ4n) is 3.02. The lowest BCUT2D eigenvalue weighted by Crippen LogP contribution is -2.16. The van der Waals surface area contributed by atoms with E-state index in [1.807, 2.05) is 31.2 Å². The van der Waals surface area contributed by atoms with Crippen LogP contribution in [0.25, 0.3) is 0 Å². The van der Waals surface area contributed by atoms with Gasteiger partial charge < -0.3 is 14.8 Å². The molecule has 1 aromatic heterocycles. The maximum Gasteiger partial charge on any atom is 0.133 e. The van der Waals surface area contributed by atoms with Gasteiger partial charge in [0.2, 0.25) is 0 Å². The van der Waals surface area contributed by atoms with E-state index in [1.165, 1.54) is 24.1 Å². The highest BCUT2D eigenvalue weighted by molar-refractivity contribution is 5.47. The van der Waals surface area contributed by atoms with E-state index in [9.17, 15) is 0 Å². The number of hydrogen-bond acceptors (Lipinski definition) is 5. The van der Waals surface area contributed by atoms with Crippen LogP contribution in [0.3, 0.4) is 0 Å². The van der Waals surface area contributed by atoms with E-state index in [2.05, 4.69) is 15.3 Å². The topological polar surface area (TPSA) is 56.3 Å². The van der Waals surface area contributed by atoms with Gasteiger partial charge in [0, 0.05) is 17.8 Å². The molecule has 0 saturated heterocycles. The van der Waals surface area contributed by atoms with E-state index in [0.717, 1.165) is 42.3 Å². The van der Waals surface area contributed by atoms with Crippen molar-refractivity contribution in [2.75, 3.05) is 25.6 Å². The summed E-state index contributed by atoms with van der Waals surface area (Å²) in [6, 6.07) is 7.95. The Morgan fingerprint density at radius 1 is 1.08 bits per heavy atom. The molecule has 0 saturated carbocycles. The first-order valence-electron chi connectivity index (χ1n) is 8.57. The second-order valence-corrected chi connectivity index (χ2v) is 6.08. The molecule has 0 atom stereocenters. The van der Waals surface area contributed by atoms with Crippen LogP contribution < -0.4 is 10.1 Å². The van der Waals surface area contributed by atoms with E-state index < -0.39 is 0 Å². The molecule has 1 aromatic carbocycles. The number of methoxy groups -OCH3 is 1. The van der Waals surface area contributed by atoms with Crippen LogP contribution in [0.15, 0.2) is 24.3 Å². The summed E-state index contributed by atoms with van der Waals surface area (Å²) < 4.78 is 10.9. The van der Waals surface area contributed by atoms with E-state index in [0.29, 0.717) is 13.2 Å². The minimum Gasteiger partial charge on any atom is -0.497 e. The van der Waals surface area contributed by atoms with Crippen molar-refractivity contribution in [3.05, 3.63) is 46.9 Å². The molecule has 0 fully saturated rings. The fraction of sp³-hybridized carbons (Fsp3) is 0.474. The predicted octanol–water partition coefficient (Wildman–Crippen LogP) is 3.30. The Hall–Kier alpha value is -2.14. The van der Waals surface area contributed by atoms with Gasteiger partial charge in [0.1, 0.15) is 17.4 Å². The zero-order valence-electron chi connectivity index (χ0n) is 14.5. The summed E-state index contributed by atoms with van der Waals surface area (Å²) in [5.74, 6) is 2.70. The summed E-state index contributed by atoms with van der Waals surface area (Å²) >= 11 is 0. The number of nitrogens with zero attached hydrogens (tertiary/aromatic N) is 2. The van der Waals surface area contributed by atoms with Crippen LogP contribution in [0.4, 0.5) is 5.82 Å². The molecular weight excluding hydrogens is 302 g/mol. The summed E-state index contributed by atoms with van der Waals surface area (Å²) in [7, 11) is 1.67. The van der Waals surface area contributed by atoms with Gasteiger partial charge >= 0.3 is 0 Å². The summed E-state index contributed by atoms with van der Waals surface area (Å²) in [5.41, 5.74) is 3.66. The molecule has 0 radical (unpaired) electrons. The zero-order chi connectivity index (χ0) is 16.8. The van der Waals surface area contributed by atoms with Gasteiger partial charge in [0.05, 0.1) is 20.3 Å². The molecule has 5 nitrogen and oxygen atoms in total. The van der Waals surface area contributed by atoms with Crippen LogP contribution >= 0.6 is 0 Å². The number of fused-ring (bicyclic) bond motifs is 1. The second-order valence-electron chi connectivity index (χ2n) is 6.08. The molecule has 1 N–H and O–H groups in total. The first-order chi connectivity index (χ1) is 11.8. The Morgan fingerprint density at radius 3 is 2.67 bits per heavy atom. The molecule has 0 bridgehead atoms. The third-order valence-electron chi connectivity index (χ3n) is 4.26. The fourth-order valence-corrected chi connectivity index (χ4v) is 3.02. The van der Waals surface area contributed by atoms with E-state index in [1.54, 1.807) is 7.11 Å². The van der Waals surface area contributed by atoms with Crippen LogP contribution in [0.5, 0.6) is 5.75 Å². The SMILES string of the molecule is COc1ccc(COCCNc2nc(C)nc3c2CCCC3)cc1. The van der Waals surface area contributed by atoms with Gasteiger partial charge in [-0.3, -0.25) is 0 Å². The van der Waals surface area contributed by atoms with Crippen molar-refractivity contribution in [1.29, 1.82) is 0 Å². The maximum atomic E-state index is 5.74. The van der Waals surface area contributed by atoms with Gasteiger partial charge in [-0.25, -0.2) is 9.97 Å². The smallest absolute Gasteiger partial charge is 0.133 e. The van der Waals surface area contributed by atoms with Gasteiger partial charge in [-0.2, -0.15) is 0 Å². The number of aromatic nitrogens is 2. The van der Waals surface area contributed by atoms with E-state index in [-0.39, 0.29) is 0 Å². The van der Waals surface area contributed by atoms with Crippen molar-refractivity contribution in [2.24, 2.45) is 0 Å². The molecule has 0 amide bonds. The molecular formula is C19H25N3O2. The molecule has 0 spiro atoms. The average Bonchev–Trinajstić information content (AvgIpc) is 2.61. The van der Waals surface area contributed by atoms with Crippen molar-refractivity contribution in [3.63, 3.8) is 0 Å². The summed E-state index contributed by atoms with van der Waals surface area (Å²) in [4.78, 5) is 9.15. The molecule has 0 unspecified atom stereocenters. The van der Waals surface area contributed by atoms with Crippen LogP contribution in [-0.2, 0) is 24.2 Å². The summed E-state index contributed by atoms with van der Waals surface area (Å²) in [6.45, 7) is 3.95. The molecule has 24 heavy (non-hydrogen) atoms. The van der Waals surface area contributed by atoms with Crippen molar-refractivity contribution < 1.29 is 9.47 Å². The van der Waals surface area contributed by atoms with Crippen LogP contribution in [0.1, 0.15) is 35.5 Å². The minimum absolute atomic E-state index is 0.604. The van der Waals surface area contributed by atoms with Gasteiger partial charge in [-0.15, -0.1) is 0 Å². The minimum atomic E-state index is 0.604. The maximum absolute atomic E-state index is 5.74. The standard InChI is InChI=1S/C19H25N3O2/c1-14-21-18-6-4-3-5-17(18)19(22-14)20-11-12-24-13-15-7-9-16(23-2)10-8-15/h7-10H,3-6,11-13H2,1-2H3,(H,20,21,22). The number of hydrogen-bond donors (Lipinski definition) is 1. The van der Waals surface area contributed by atoms with Gasteiger partial charge in [-0.05, 0) is 50.3 Å². The van der Waals surface area contributed by atoms with Crippen molar-refractivity contribution >= 4 is 5.82 Å². The van der Waals surface area contributed by atoms with Crippen molar-refractivity contribution in [1.82, 2.24) is 9.97 Å². The van der Waals surface area contributed by atoms with Gasteiger partial charge in [0.15, 0.2) is 0 Å². The average molecular weight is 327 g/mol. The molecule has 5 heteroatoms. The molecule has 1 heterocycles. The number of ether oxygens (including phenoxy) is 2. The quantitative estimate of drug-likeness (QED) is 0.791. The highest BCUT2D eigenvalue weighted by Crippen LogP contribution is 2.25. The number of aryl methyl sites for hydroxylation is 2. The van der Waals surface area contributed by atoms with Crippen molar-refractivity contribution in [3.8, 4) is 5.75 Å². The number of nitrogens with one attached hydrogen (secondary N) is 1. The third kappa shape index (κ3) is 4.23. The highest BCUT2D eigenvalue weighted by Gasteiger charge is 2.16. The molecule has 1 aliphatic carbocycles. The first kappa shape index (κ1) is 16.7. The lowest BCUT2D eigenvalue weighted by Gasteiger charge is -2.19. The van der Waals surface area contributed by atoms with Crippen molar-refractivity contribution in [2.45, 2.75) is 39.2 Å². The number of benzene rings is 1. The Morgan fingerprint density at radius 2 is 1.88 bits per heavy atom. The molecule has 1 aliphatic rings. The predicted molar refractivity (Wildman–Crippen MR) is 94.6 cm³/mol. The van der Waals surface area contributed by atoms with E-state index >= 15 is 0 Å². The Balaban J connectivity index is 1.47. The molecule has 0 aliphatic heterocycles. The summed E-state index contributed by atoms with van der Waals surface area (Å²) in [6.07, 6.45) is 4.60. The normalized spacial score (nSPS) is 13.4. The van der Waals surface area contributed by atoms with E-state index in [4.69, 9.17) is 9.47 Å². The van der Waals surface area contributed by atoms with Gasteiger partial charge in [0.25, 0.3) is 0 Å². The zero-order valence-corrected chi connectivity index (χ0v) is 14.5. The molecule has 3 rings (SSSR count). The Labute approximate surface area is 143 Å². The largest absolute Gasteiger partial charge is 0.497 e. The van der Waals surface area contributed by atoms with Crippen LogP contribution in [0.2, 0.25) is 0 Å². The second kappa shape index (κ2) is 8.11. The lowest BCUT2D eigenvalue weighted by molar-refractivity contribution is 0.130. The Bertz CT molecular complexity index is 671. The van der Waals surface area contributed by atoms with Gasteiger partial charge in [-0.1, -0.05) is 12.1 Å². The first-order valence-corrected chi connectivity index (χ1v) is 8.57.